The number of ether oxygens (including phenoxy) is 3. The standard InChI is InChI=1S/C24H20N2O8/c1-14-7-10-20(25-22(27)15-5-4-6-16(12-15)26(30)31)21(11-14)34-17-8-9-18(23(28)32-2)19(13-17)24(29)33-3/h4-13H,1-3H3,(H,25,27). The lowest BCUT2D eigenvalue weighted by atomic mass is 10.1. The highest BCUT2D eigenvalue weighted by Gasteiger charge is 2.20. The highest BCUT2D eigenvalue weighted by Crippen LogP contribution is 2.32. The normalized spacial score (nSPS) is 10.2. The van der Waals surface area contributed by atoms with E-state index >= 15 is 0 Å². The summed E-state index contributed by atoms with van der Waals surface area (Å²) in [5.41, 5.74) is 0.943. The number of methoxy groups -OCH3 is 2. The molecule has 174 valence electrons. The molecule has 0 spiro atoms. The van der Waals surface area contributed by atoms with E-state index in [0.29, 0.717) is 5.69 Å². The predicted octanol–water partition coefficient (Wildman–Crippen LogP) is 4.52. The van der Waals surface area contributed by atoms with Crippen LogP contribution in [0.1, 0.15) is 36.6 Å². The van der Waals surface area contributed by atoms with Crippen molar-refractivity contribution in [2.45, 2.75) is 6.92 Å². The first kappa shape index (κ1) is 23.9. The van der Waals surface area contributed by atoms with Crippen LogP contribution in [-0.4, -0.2) is 37.0 Å². The topological polar surface area (TPSA) is 134 Å². The SMILES string of the molecule is COC(=O)c1ccc(Oc2cc(C)ccc2NC(=O)c2cccc([N+](=O)[O-])c2)cc1C(=O)OC. The first-order valence-electron chi connectivity index (χ1n) is 9.88. The molecule has 0 heterocycles. The first-order chi connectivity index (χ1) is 16.2. The minimum Gasteiger partial charge on any atom is -0.465 e. The minimum atomic E-state index is -0.755. The summed E-state index contributed by atoms with van der Waals surface area (Å²) < 4.78 is 15.3. The number of nitro benzene ring substituents is 1. The van der Waals surface area contributed by atoms with Crippen molar-refractivity contribution in [3.63, 3.8) is 0 Å². The highest BCUT2D eigenvalue weighted by molar-refractivity contribution is 6.05. The quantitative estimate of drug-likeness (QED) is 0.306. The lowest BCUT2D eigenvalue weighted by molar-refractivity contribution is -0.384. The summed E-state index contributed by atoms with van der Waals surface area (Å²) in [6, 6.07) is 14.5. The average molecular weight is 464 g/mol. The van der Waals surface area contributed by atoms with E-state index in [1.807, 2.05) is 6.92 Å². The van der Waals surface area contributed by atoms with E-state index in [1.165, 1.54) is 50.6 Å². The van der Waals surface area contributed by atoms with Gasteiger partial charge in [-0.3, -0.25) is 14.9 Å². The Hall–Kier alpha value is -4.73. The Kier molecular flexibility index (Phi) is 7.22. The Bertz CT molecular complexity index is 1290. The lowest BCUT2D eigenvalue weighted by Gasteiger charge is -2.15. The lowest BCUT2D eigenvalue weighted by Crippen LogP contribution is -2.13. The smallest absolute Gasteiger partial charge is 0.338 e. The molecular formula is C24H20N2O8. The van der Waals surface area contributed by atoms with E-state index in [0.717, 1.165) is 11.6 Å². The van der Waals surface area contributed by atoms with Crippen LogP contribution in [0.4, 0.5) is 11.4 Å². The molecule has 0 saturated carbocycles. The van der Waals surface area contributed by atoms with Gasteiger partial charge in [-0.1, -0.05) is 12.1 Å². The molecule has 0 atom stereocenters. The number of non-ortho nitro benzene ring substituents is 1. The fraction of sp³-hybridized carbons (Fsp3) is 0.125. The third kappa shape index (κ3) is 5.36. The Labute approximate surface area is 194 Å². The number of benzene rings is 3. The van der Waals surface area contributed by atoms with Crippen LogP contribution in [0.2, 0.25) is 0 Å². The van der Waals surface area contributed by atoms with Gasteiger partial charge in [-0.15, -0.1) is 0 Å². The van der Waals surface area contributed by atoms with Crippen molar-refractivity contribution in [1.29, 1.82) is 0 Å². The number of rotatable bonds is 7. The maximum atomic E-state index is 12.7. The number of hydrogen-bond acceptors (Lipinski definition) is 8. The summed E-state index contributed by atoms with van der Waals surface area (Å²) in [6.07, 6.45) is 0. The number of hydrogen-bond donors (Lipinski definition) is 1. The van der Waals surface area contributed by atoms with Gasteiger partial charge in [0.25, 0.3) is 11.6 Å². The number of aryl methyl sites for hydroxylation is 1. The van der Waals surface area contributed by atoms with Crippen molar-refractivity contribution < 1.29 is 33.5 Å². The van der Waals surface area contributed by atoms with Crippen molar-refractivity contribution in [3.05, 3.63) is 93.0 Å². The fourth-order valence-corrected chi connectivity index (χ4v) is 3.05. The average Bonchev–Trinajstić information content (AvgIpc) is 2.84. The van der Waals surface area contributed by atoms with Crippen molar-refractivity contribution in [1.82, 2.24) is 0 Å². The molecule has 0 fully saturated rings. The van der Waals surface area contributed by atoms with E-state index in [9.17, 15) is 24.5 Å². The van der Waals surface area contributed by atoms with Crippen molar-refractivity contribution in [2.75, 3.05) is 19.5 Å². The summed E-state index contributed by atoms with van der Waals surface area (Å²) in [7, 11) is 2.37. The second-order valence-electron chi connectivity index (χ2n) is 7.05. The molecule has 1 N–H and O–H groups in total. The van der Waals surface area contributed by atoms with Crippen LogP contribution in [-0.2, 0) is 9.47 Å². The number of nitro groups is 1. The number of esters is 2. The molecule has 3 aromatic rings. The van der Waals surface area contributed by atoms with Crippen LogP contribution in [0, 0.1) is 17.0 Å². The Morgan fingerprint density at radius 1 is 0.882 bits per heavy atom. The van der Waals surface area contributed by atoms with Crippen LogP contribution in [0.25, 0.3) is 0 Å². The maximum Gasteiger partial charge on any atom is 0.338 e. The zero-order valence-corrected chi connectivity index (χ0v) is 18.5. The van der Waals surface area contributed by atoms with Crippen LogP contribution in [0.15, 0.2) is 60.7 Å². The van der Waals surface area contributed by atoms with E-state index in [-0.39, 0.29) is 33.9 Å². The maximum absolute atomic E-state index is 12.7. The van der Waals surface area contributed by atoms with Gasteiger partial charge >= 0.3 is 11.9 Å². The summed E-state index contributed by atoms with van der Waals surface area (Å²) in [5, 5.41) is 13.7. The van der Waals surface area contributed by atoms with Gasteiger partial charge in [0, 0.05) is 17.7 Å². The van der Waals surface area contributed by atoms with Gasteiger partial charge in [-0.2, -0.15) is 0 Å². The second kappa shape index (κ2) is 10.3. The molecule has 10 nitrogen and oxygen atoms in total. The van der Waals surface area contributed by atoms with Crippen LogP contribution < -0.4 is 10.1 Å². The Balaban J connectivity index is 1.93. The highest BCUT2D eigenvalue weighted by atomic mass is 16.6. The third-order valence-electron chi connectivity index (χ3n) is 4.73. The summed E-state index contributed by atoms with van der Waals surface area (Å²) in [4.78, 5) is 47.3. The van der Waals surface area contributed by atoms with Gasteiger partial charge in [-0.05, 0) is 48.9 Å². The molecule has 0 aromatic heterocycles. The van der Waals surface area contributed by atoms with Gasteiger partial charge in [-0.25, -0.2) is 9.59 Å². The molecule has 0 radical (unpaired) electrons. The minimum absolute atomic E-state index is 0.00476. The number of amides is 1. The molecule has 0 unspecified atom stereocenters. The van der Waals surface area contributed by atoms with Gasteiger partial charge in [0.2, 0.25) is 0 Å². The van der Waals surface area contributed by atoms with E-state index in [2.05, 4.69) is 5.32 Å². The van der Waals surface area contributed by atoms with E-state index < -0.39 is 22.8 Å². The molecular weight excluding hydrogens is 444 g/mol. The molecule has 3 rings (SSSR count). The molecule has 3 aromatic carbocycles. The van der Waals surface area contributed by atoms with Gasteiger partial charge in [0.1, 0.15) is 5.75 Å². The second-order valence-corrected chi connectivity index (χ2v) is 7.05. The zero-order chi connectivity index (χ0) is 24.8. The van der Waals surface area contributed by atoms with Crippen molar-refractivity contribution in [2.24, 2.45) is 0 Å². The van der Waals surface area contributed by atoms with Gasteiger partial charge in [0.05, 0.1) is 36.0 Å². The van der Waals surface area contributed by atoms with E-state index in [4.69, 9.17) is 14.2 Å². The van der Waals surface area contributed by atoms with Crippen molar-refractivity contribution in [3.8, 4) is 11.5 Å². The van der Waals surface area contributed by atoms with Crippen molar-refractivity contribution >= 4 is 29.2 Å². The number of carbonyl (C=O) groups is 3. The Morgan fingerprint density at radius 3 is 2.26 bits per heavy atom. The largest absolute Gasteiger partial charge is 0.465 e. The number of nitrogens with zero attached hydrogens (tertiary/aromatic N) is 1. The van der Waals surface area contributed by atoms with Crippen LogP contribution in [0.5, 0.6) is 11.5 Å². The van der Waals surface area contributed by atoms with E-state index in [1.54, 1.807) is 18.2 Å². The molecule has 1 amide bonds. The van der Waals surface area contributed by atoms with Gasteiger partial charge < -0.3 is 19.5 Å². The summed E-state index contributed by atoms with van der Waals surface area (Å²) in [6.45, 7) is 1.82. The number of nitrogens with one attached hydrogen (secondary N) is 1. The van der Waals surface area contributed by atoms with Crippen LogP contribution in [0.3, 0.4) is 0 Å². The predicted molar refractivity (Wildman–Crippen MR) is 121 cm³/mol. The molecule has 34 heavy (non-hydrogen) atoms. The zero-order valence-electron chi connectivity index (χ0n) is 18.5. The molecule has 0 aliphatic rings. The Morgan fingerprint density at radius 2 is 1.59 bits per heavy atom. The summed E-state index contributed by atoms with van der Waals surface area (Å²) in [5.74, 6) is -1.60. The molecule has 0 aliphatic carbocycles. The molecule has 0 bridgehead atoms. The molecule has 10 heteroatoms. The molecule has 0 aliphatic heterocycles. The monoisotopic (exact) mass is 464 g/mol. The summed E-state index contributed by atoms with van der Waals surface area (Å²) >= 11 is 0. The molecule has 0 saturated heterocycles. The number of anilines is 1. The van der Waals surface area contributed by atoms with Crippen LogP contribution >= 0.6 is 0 Å². The first-order valence-corrected chi connectivity index (χ1v) is 9.88. The fourth-order valence-electron chi connectivity index (χ4n) is 3.05. The number of carbonyl (C=O) groups excluding carboxylic acids is 3. The third-order valence-corrected chi connectivity index (χ3v) is 4.73. The van der Waals surface area contributed by atoms with Gasteiger partial charge in [0.15, 0.2) is 5.75 Å².